The van der Waals surface area contributed by atoms with Crippen LogP contribution in [0.3, 0.4) is 0 Å². The molecule has 4 nitrogen and oxygen atoms in total. The molecule has 6 heteroatoms. The summed E-state index contributed by atoms with van der Waals surface area (Å²) in [4.78, 5) is 6.88. The Morgan fingerprint density at radius 3 is 2.48 bits per heavy atom. The number of hydrogen-bond acceptors (Lipinski definition) is 2. The highest BCUT2D eigenvalue weighted by Gasteiger charge is 2.14. The van der Waals surface area contributed by atoms with Crippen molar-refractivity contribution in [1.82, 2.24) is 15.5 Å². The number of piperidine rings is 1. The van der Waals surface area contributed by atoms with Gasteiger partial charge in [-0.15, -0.1) is 24.0 Å². The Kier molecular flexibility index (Phi) is 11.5. The van der Waals surface area contributed by atoms with Crippen molar-refractivity contribution in [3.63, 3.8) is 0 Å². The monoisotopic (exact) mass is 478 g/mol. The van der Waals surface area contributed by atoms with Crippen molar-refractivity contribution >= 4 is 41.5 Å². The summed E-state index contributed by atoms with van der Waals surface area (Å²) in [6.45, 7) is 7.86. The molecule has 142 valence electrons. The second-order valence-electron chi connectivity index (χ2n) is 6.71. The van der Waals surface area contributed by atoms with Crippen molar-refractivity contribution in [1.29, 1.82) is 0 Å². The molecule has 0 unspecified atom stereocenters. The zero-order valence-corrected chi connectivity index (χ0v) is 18.5. The van der Waals surface area contributed by atoms with Crippen molar-refractivity contribution in [2.75, 3.05) is 33.2 Å². The van der Waals surface area contributed by atoms with Crippen molar-refractivity contribution in [2.24, 2.45) is 10.9 Å². The lowest BCUT2D eigenvalue weighted by atomic mass is 9.99. The molecule has 0 spiro atoms. The summed E-state index contributed by atoms with van der Waals surface area (Å²) in [5.74, 6) is 1.77. The standard InChI is InChI=1S/C19H31ClN4.HI/c1-16-9-13-24(14-10-16)12-4-3-11-22-19(21-2)23-15-17-5-7-18(20)8-6-17;/h5-8,16H,3-4,9-15H2,1-2H3,(H2,21,22,23);1H. The maximum atomic E-state index is 5.90. The van der Waals surface area contributed by atoms with Gasteiger partial charge in [0.1, 0.15) is 0 Å². The fourth-order valence-corrected chi connectivity index (χ4v) is 3.09. The van der Waals surface area contributed by atoms with Gasteiger partial charge in [-0.05, 0) is 68.9 Å². The number of nitrogens with zero attached hydrogens (tertiary/aromatic N) is 2. The Bertz CT molecular complexity index is 499. The van der Waals surface area contributed by atoms with E-state index in [-0.39, 0.29) is 24.0 Å². The topological polar surface area (TPSA) is 39.7 Å². The van der Waals surface area contributed by atoms with Gasteiger partial charge in [0.25, 0.3) is 0 Å². The zero-order chi connectivity index (χ0) is 17.2. The largest absolute Gasteiger partial charge is 0.356 e. The molecule has 1 aromatic carbocycles. The number of hydrogen-bond donors (Lipinski definition) is 2. The molecule has 1 aliphatic rings. The maximum absolute atomic E-state index is 5.90. The van der Waals surface area contributed by atoms with Crippen LogP contribution >= 0.6 is 35.6 Å². The van der Waals surface area contributed by atoms with E-state index < -0.39 is 0 Å². The van der Waals surface area contributed by atoms with Crippen LogP contribution in [0.1, 0.15) is 38.2 Å². The van der Waals surface area contributed by atoms with E-state index in [4.69, 9.17) is 11.6 Å². The van der Waals surface area contributed by atoms with E-state index in [9.17, 15) is 0 Å². The molecule has 1 heterocycles. The Morgan fingerprint density at radius 2 is 1.84 bits per heavy atom. The number of halogens is 2. The average molecular weight is 479 g/mol. The molecule has 1 aliphatic heterocycles. The Balaban J connectivity index is 0.00000312. The lowest BCUT2D eigenvalue weighted by Crippen LogP contribution is -2.38. The van der Waals surface area contributed by atoms with E-state index in [0.29, 0.717) is 0 Å². The van der Waals surface area contributed by atoms with Gasteiger partial charge >= 0.3 is 0 Å². The van der Waals surface area contributed by atoms with Gasteiger partial charge in [0, 0.05) is 25.2 Å². The summed E-state index contributed by atoms with van der Waals surface area (Å²) < 4.78 is 0. The maximum Gasteiger partial charge on any atom is 0.191 e. The van der Waals surface area contributed by atoms with Gasteiger partial charge in [0.15, 0.2) is 5.96 Å². The first-order chi connectivity index (χ1) is 11.7. The molecule has 0 amide bonds. The minimum absolute atomic E-state index is 0. The number of unbranched alkanes of at least 4 members (excludes halogenated alkanes) is 1. The number of benzene rings is 1. The molecule has 1 saturated heterocycles. The number of rotatable bonds is 7. The number of guanidine groups is 1. The molecular weight excluding hydrogens is 447 g/mol. The van der Waals surface area contributed by atoms with Gasteiger partial charge in [-0.3, -0.25) is 4.99 Å². The molecule has 1 fully saturated rings. The van der Waals surface area contributed by atoms with Gasteiger partial charge in [-0.1, -0.05) is 30.7 Å². The Hall–Kier alpha value is -0.530. The lowest BCUT2D eigenvalue weighted by molar-refractivity contribution is 0.189. The van der Waals surface area contributed by atoms with Crippen LogP contribution < -0.4 is 10.6 Å². The van der Waals surface area contributed by atoms with Crippen LogP contribution in [0.2, 0.25) is 5.02 Å². The smallest absolute Gasteiger partial charge is 0.191 e. The Labute approximate surface area is 174 Å². The van der Waals surface area contributed by atoms with Gasteiger partial charge in [-0.2, -0.15) is 0 Å². The minimum Gasteiger partial charge on any atom is -0.356 e. The molecule has 2 rings (SSSR count). The first-order valence-electron chi connectivity index (χ1n) is 9.08. The average Bonchev–Trinajstić information content (AvgIpc) is 2.60. The second kappa shape index (κ2) is 12.8. The molecule has 0 aromatic heterocycles. The third-order valence-corrected chi connectivity index (χ3v) is 4.92. The van der Waals surface area contributed by atoms with Crippen LogP contribution in [0.25, 0.3) is 0 Å². The van der Waals surface area contributed by atoms with Crippen LogP contribution in [0.15, 0.2) is 29.3 Å². The summed E-state index contributed by atoms with van der Waals surface area (Å²) in [7, 11) is 1.81. The van der Waals surface area contributed by atoms with Gasteiger partial charge in [0.05, 0.1) is 0 Å². The first kappa shape index (κ1) is 22.5. The number of likely N-dealkylation sites (tertiary alicyclic amines) is 1. The summed E-state index contributed by atoms with van der Waals surface area (Å²) >= 11 is 5.90. The highest BCUT2D eigenvalue weighted by atomic mass is 127. The summed E-state index contributed by atoms with van der Waals surface area (Å²) in [6.07, 6.45) is 5.14. The molecule has 0 saturated carbocycles. The zero-order valence-electron chi connectivity index (χ0n) is 15.4. The fourth-order valence-electron chi connectivity index (χ4n) is 2.96. The number of aliphatic imine (C=N–C) groups is 1. The van der Waals surface area contributed by atoms with E-state index in [1.165, 1.54) is 50.9 Å². The third kappa shape index (κ3) is 9.11. The van der Waals surface area contributed by atoms with Crippen molar-refractivity contribution in [3.8, 4) is 0 Å². The third-order valence-electron chi connectivity index (χ3n) is 4.67. The van der Waals surface area contributed by atoms with Crippen molar-refractivity contribution in [3.05, 3.63) is 34.9 Å². The highest BCUT2D eigenvalue weighted by molar-refractivity contribution is 14.0. The summed E-state index contributed by atoms with van der Waals surface area (Å²) in [6, 6.07) is 7.89. The normalized spacial score (nSPS) is 16.4. The molecular formula is C19H32ClIN4. The van der Waals surface area contributed by atoms with E-state index >= 15 is 0 Å². The van der Waals surface area contributed by atoms with Crippen LogP contribution in [-0.4, -0.2) is 44.1 Å². The fraction of sp³-hybridized carbons (Fsp3) is 0.632. The summed E-state index contributed by atoms with van der Waals surface area (Å²) in [5.41, 5.74) is 1.20. The molecule has 0 atom stereocenters. The summed E-state index contributed by atoms with van der Waals surface area (Å²) in [5, 5.41) is 7.49. The van der Waals surface area contributed by atoms with E-state index in [1.54, 1.807) is 0 Å². The first-order valence-corrected chi connectivity index (χ1v) is 9.46. The van der Waals surface area contributed by atoms with Gasteiger partial charge in [0.2, 0.25) is 0 Å². The molecule has 1 aromatic rings. The van der Waals surface area contributed by atoms with E-state index in [0.717, 1.165) is 30.0 Å². The highest BCUT2D eigenvalue weighted by Crippen LogP contribution is 2.16. The molecule has 0 radical (unpaired) electrons. The lowest BCUT2D eigenvalue weighted by Gasteiger charge is -2.30. The molecule has 0 bridgehead atoms. The Morgan fingerprint density at radius 1 is 1.16 bits per heavy atom. The quantitative estimate of drug-likeness (QED) is 0.268. The van der Waals surface area contributed by atoms with Crippen LogP contribution in [0.4, 0.5) is 0 Å². The van der Waals surface area contributed by atoms with Crippen LogP contribution in [0.5, 0.6) is 0 Å². The van der Waals surface area contributed by atoms with E-state index in [2.05, 4.69) is 27.4 Å². The van der Waals surface area contributed by atoms with Gasteiger partial charge < -0.3 is 15.5 Å². The predicted octanol–water partition coefficient (Wildman–Crippen LogP) is 4.14. The van der Waals surface area contributed by atoms with Crippen molar-refractivity contribution < 1.29 is 0 Å². The van der Waals surface area contributed by atoms with E-state index in [1.807, 2.05) is 31.3 Å². The SMILES string of the molecule is CN=C(NCCCCN1CCC(C)CC1)NCc1ccc(Cl)cc1.I. The van der Waals surface area contributed by atoms with Gasteiger partial charge in [-0.25, -0.2) is 0 Å². The van der Waals surface area contributed by atoms with Crippen LogP contribution in [0, 0.1) is 5.92 Å². The minimum atomic E-state index is 0. The molecule has 0 aliphatic carbocycles. The number of nitrogens with one attached hydrogen (secondary N) is 2. The second-order valence-corrected chi connectivity index (χ2v) is 7.15. The molecule has 2 N–H and O–H groups in total. The molecule has 25 heavy (non-hydrogen) atoms. The van der Waals surface area contributed by atoms with Crippen molar-refractivity contribution in [2.45, 2.75) is 39.2 Å². The van der Waals surface area contributed by atoms with Crippen LogP contribution in [-0.2, 0) is 6.54 Å². The predicted molar refractivity (Wildman–Crippen MR) is 119 cm³/mol.